The Kier molecular flexibility index (Phi) is 6.20. The fraction of sp³-hybridized carbons (Fsp3) is 0.696. The number of rotatable bonds is 5. The maximum absolute atomic E-state index is 13.5. The molecular formula is C23H32F3N7. The Balaban J connectivity index is 1.32. The summed E-state index contributed by atoms with van der Waals surface area (Å²) in [5, 5.41) is 3.37. The highest BCUT2D eigenvalue weighted by Crippen LogP contribution is 2.39. The maximum atomic E-state index is 13.5. The van der Waals surface area contributed by atoms with Crippen LogP contribution in [0, 0.1) is 0 Å². The molecule has 33 heavy (non-hydrogen) atoms. The Labute approximate surface area is 192 Å². The predicted molar refractivity (Wildman–Crippen MR) is 121 cm³/mol. The third-order valence-electron chi connectivity index (χ3n) is 7.34. The van der Waals surface area contributed by atoms with E-state index in [-0.39, 0.29) is 5.92 Å². The fourth-order valence-electron chi connectivity index (χ4n) is 5.46. The second-order valence-electron chi connectivity index (χ2n) is 9.56. The standard InChI is InChI=1S/C23H32F3N7/c1-16-4-7-27-20-19(16)22(29-15-28-20)32-10-5-17(6-11-32)21-30-18(23(24,25)26)14-33(21)13-12-31-8-2-3-9-31/h14-17H,2-13H2,1H3,(H,27,28,29). The second-order valence-corrected chi connectivity index (χ2v) is 9.56. The Bertz CT molecular complexity index is 959. The minimum absolute atomic E-state index is 0.0177. The third-order valence-corrected chi connectivity index (χ3v) is 7.34. The van der Waals surface area contributed by atoms with Gasteiger partial charge in [0.2, 0.25) is 0 Å². The highest BCUT2D eigenvalue weighted by atomic mass is 19.4. The number of alkyl halides is 3. The van der Waals surface area contributed by atoms with Crippen molar-refractivity contribution in [2.75, 3.05) is 49.5 Å². The van der Waals surface area contributed by atoms with Gasteiger partial charge >= 0.3 is 6.18 Å². The number of nitrogens with zero attached hydrogens (tertiary/aromatic N) is 6. The van der Waals surface area contributed by atoms with Crippen LogP contribution < -0.4 is 10.2 Å². The van der Waals surface area contributed by atoms with Gasteiger partial charge in [-0.2, -0.15) is 13.2 Å². The van der Waals surface area contributed by atoms with Gasteiger partial charge in [0.25, 0.3) is 0 Å². The van der Waals surface area contributed by atoms with Crippen molar-refractivity contribution in [3.63, 3.8) is 0 Å². The summed E-state index contributed by atoms with van der Waals surface area (Å²) in [5.41, 5.74) is 0.389. The first-order valence-corrected chi connectivity index (χ1v) is 12.1. The van der Waals surface area contributed by atoms with Gasteiger partial charge in [-0.15, -0.1) is 0 Å². The Morgan fingerprint density at radius 3 is 2.52 bits per heavy atom. The SMILES string of the molecule is CC1CCNc2ncnc(N3CCC(c4nc(C(F)(F)F)cn4CCN4CCCC4)CC3)c21. The predicted octanol–water partition coefficient (Wildman–Crippen LogP) is 4.09. The average Bonchev–Trinajstić information content (AvgIpc) is 3.47. The van der Waals surface area contributed by atoms with E-state index in [2.05, 4.69) is 37.0 Å². The van der Waals surface area contributed by atoms with E-state index < -0.39 is 11.9 Å². The van der Waals surface area contributed by atoms with E-state index >= 15 is 0 Å². The van der Waals surface area contributed by atoms with E-state index in [1.165, 1.54) is 19.0 Å². The summed E-state index contributed by atoms with van der Waals surface area (Å²) in [4.78, 5) is 17.7. The topological polar surface area (TPSA) is 62.1 Å². The first-order valence-electron chi connectivity index (χ1n) is 12.1. The van der Waals surface area contributed by atoms with Crippen LogP contribution in [-0.4, -0.2) is 63.7 Å². The van der Waals surface area contributed by atoms with Crippen molar-refractivity contribution in [3.8, 4) is 0 Å². The Morgan fingerprint density at radius 2 is 1.79 bits per heavy atom. The molecule has 0 saturated carbocycles. The number of imidazole rings is 1. The van der Waals surface area contributed by atoms with E-state index in [1.807, 2.05) is 0 Å². The van der Waals surface area contributed by atoms with Crippen LogP contribution in [-0.2, 0) is 12.7 Å². The molecular weight excluding hydrogens is 431 g/mol. The van der Waals surface area contributed by atoms with Gasteiger partial charge in [0, 0.05) is 50.4 Å². The number of fused-ring (bicyclic) bond motifs is 1. The summed E-state index contributed by atoms with van der Waals surface area (Å²) in [6.07, 6.45) is 3.30. The molecule has 0 spiro atoms. The number of piperidine rings is 1. The first-order chi connectivity index (χ1) is 15.9. The van der Waals surface area contributed by atoms with Crippen molar-refractivity contribution in [2.45, 2.75) is 63.6 Å². The van der Waals surface area contributed by atoms with Gasteiger partial charge < -0.3 is 19.7 Å². The zero-order valence-electron chi connectivity index (χ0n) is 19.1. The summed E-state index contributed by atoms with van der Waals surface area (Å²) in [5.74, 6) is 2.86. The molecule has 1 atom stereocenters. The van der Waals surface area contributed by atoms with Crippen LogP contribution in [0.1, 0.15) is 67.9 Å². The lowest BCUT2D eigenvalue weighted by molar-refractivity contribution is -0.141. The highest BCUT2D eigenvalue weighted by molar-refractivity contribution is 5.62. The molecule has 5 rings (SSSR count). The van der Waals surface area contributed by atoms with Crippen molar-refractivity contribution in [1.82, 2.24) is 24.4 Å². The van der Waals surface area contributed by atoms with Crippen molar-refractivity contribution >= 4 is 11.6 Å². The van der Waals surface area contributed by atoms with E-state index in [9.17, 15) is 13.2 Å². The van der Waals surface area contributed by atoms with Gasteiger partial charge in [0.15, 0.2) is 5.69 Å². The largest absolute Gasteiger partial charge is 0.434 e. The van der Waals surface area contributed by atoms with E-state index in [0.717, 1.165) is 75.7 Å². The molecule has 1 N–H and O–H groups in total. The van der Waals surface area contributed by atoms with Crippen LogP contribution in [0.3, 0.4) is 0 Å². The smallest absolute Gasteiger partial charge is 0.370 e. The monoisotopic (exact) mass is 463 g/mol. The van der Waals surface area contributed by atoms with Gasteiger partial charge in [-0.25, -0.2) is 15.0 Å². The van der Waals surface area contributed by atoms with E-state index in [4.69, 9.17) is 0 Å². The lowest BCUT2D eigenvalue weighted by atomic mass is 9.92. The zero-order chi connectivity index (χ0) is 23.0. The van der Waals surface area contributed by atoms with Crippen LogP contribution in [0.4, 0.5) is 24.8 Å². The summed E-state index contributed by atoms with van der Waals surface area (Å²) >= 11 is 0. The van der Waals surface area contributed by atoms with Gasteiger partial charge in [-0.3, -0.25) is 0 Å². The van der Waals surface area contributed by atoms with Crippen molar-refractivity contribution in [1.29, 1.82) is 0 Å². The molecule has 3 aliphatic rings. The summed E-state index contributed by atoms with van der Waals surface area (Å²) < 4.78 is 42.1. The molecule has 2 aromatic rings. The van der Waals surface area contributed by atoms with E-state index in [1.54, 1.807) is 10.9 Å². The van der Waals surface area contributed by atoms with Crippen molar-refractivity contribution in [2.24, 2.45) is 0 Å². The second kappa shape index (κ2) is 9.12. The minimum atomic E-state index is -4.42. The highest BCUT2D eigenvalue weighted by Gasteiger charge is 2.37. The van der Waals surface area contributed by atoms with Gasteiger partial charge in [0.1, 0.15) is 23.8 Å². The molecule has 7 nitrogen and oxygen atoms in total. The lowest BCUT2D eigenvalue weighted by Gasteiger charge is -2.36. The molecule has 0 aliphatic carbocycles. The zero-order valence-corrected chi connectivity index (χ0v) is 19.1. The maximum Gasteiger partial charge on any atom is 0.434 e. The van der Waals surface area contributed by atoms with Crippen LogP contribution in [0.5, 0.6) is 0 Å². The third kappa shape index (κ3) is 4.67. The van der Waals surface area contributed by atoms with Crippen LogP contribution in [0.15, 0.2) is 12.5 Å². The number of likely N-dealkylation sites (tertiary alicyclic amines) is 1. The molecule has 3 aliphatic heterocycles. The number of halogens is 3. The molecule has 2 aromatic heterocycles. The van der Waals surface area contributed by atoms with Crippen molar-refractivity contribution in [3.05, 3.63) is 29.6 Å². The Morgan fingerprint density at radius 1 is 1.03 bits per heavy atom. The fourth-order valence-corrected chi connectivity index (χ4v) is 5.46. The van der Waals surface area contributed by atoms with Crippen LogP contribution >= 0.6 is 0 Å². The summed E-state index contributed by atoms with van der Waals surface area (Å²) in [7, 11) is 0. The summed E-state index contributed by atoms with van der Waals surface area (Å²) in [6.45, 7) is 8.01. The quantitative estimate of drug-likeness (QED) is 0.721. The molecule has 10 heteroatoms. The molecule has 180 valence electrons. The normalized spacial score (nSPS) is 22.4. The van der Waals surface area contributed by atoms with Crippen LogP contribution in [0.25, 0.3) is 0 Å². The number of hydrogen-bond donors (Lipinski definition) is 1. The molecule has 0 aromatic carbocycles. The molecule has 1 unspecified atom stereocenters. The molecule has 2 saturated heterocycles. The van der Waals surface area contributed by atoms with Crippen molar-refractivity contribution < 1.29 is 13.2 Å². The minimum Gasteiger partial charge on any atom is -0.370 e. The lowest BCUT2D eigenvalue weighted by Crippen LogP contribution is -2.36. The summed E-state index contributed by atoms with van der Waals surface area (Å²) in [6, 6.07) is 0. The first kappa shape index (κ1) is 22.4. The number of hydrogen-bond acceptors (Lipinski definition) is 6. The molecule has 0 amide bonds. The molecule has 5 heterocycles. The van der Waals surface area contributed by atoms with Crippen LogP contribution in [0.2, 0.25) is 0 Å². The number of nitrogens with one attached hydrogen (secondary N) is 1. The molecule has 2 fully saturated rings. The van der Waals surface area contributed by atoms with Gasteiger partial charge in [-0.05, 0) is 51.1 Å². The number of anilines is 2. The average molecular weight is 464 g/mol. The number of aromatic nitrogens is 4. The molecule has 0 radical (unpaired) electrons. The Hall–Kier alpha value is -2.36. The van der Waals surface area contributed by atoms with Gasteiger partial charge in [-0.1, -0.05) is 6.92 Å². The van der Waals surface area contributed by atoms with Gasteiger partial charge in [0.05, 0.1) is 0 Å². The molecule has 0 bridgehead atoms. The van der Waals surface area contributed by atoms with E-state index in [0.29, 0.717) is 18.3 Å².